The number of carbonyl (C=O) groups is 1. The van der Waals surface area contributed by atoms with Crippen LogP contribution < -0.4 is 10.2 Å². The molecule has 0 bridgehead atoms. The summed E-state index contributed by atoms with van der Waals surface area (Å²) in [5.74, 6) is 0.615. The van der Waals surface area contributed by atoms with Gasteiger partial charge in [0.1, 0.15) is 0 Å². The molecule has 3 heterocycles. The van der Waals surface area contributed by atoms with Gasteiger partial charge < -0.3 is 19.2 Å². The quantitative estimate of drug-likeness (QED) is 0.527. The molecule has 1 N–H and O–H groups in total. The van der Waals surface area contributed by atoms with Crippen LogP contribution in [0.1, 0.15) is 24.8 Å². The Morgan fingerprint density at radius 3 is 2.66 bits per heavy atom. The lowest BCUT2D eigenvalue weighted by molar-refractivity contribution is -0.137. The number of amides is 1. The third-order valence-electron chi connectivity index (χ3n) is 5.20. The number of alkyl halides is 3. The van der Waals surface area contributed by atoms with E-state index in [1.807, 2.05) is 4.90 Å². The number of thioether (sulfide) groups is 1. The zero-order valence-electron chi connectivity index (χ0n) is 17.4. The van der Waals surface area contributed by atoms with E-state index in [1.165, 1.54) is 12.3 Å². The van der Waals surface area contributed by atoms with E-state index in [2.05, 4.69) is 15.5 Å². The summed E-state index contributed by atoms with van der Waals surface area (Å²) >= 11 is 1.14. The summed E-state index contributed by atoms with van der Waals surface area (Å²) in [6, 6.07) is 6.99. The number of carbonyl (C=O) groups excluding carboxylic acids is 1. The highest BCUT2D eigenvalue weighted by Crippen LogP contribution is 2.36. The standard InChI is InChI=1S/C21H22F3N5O2S/c1-28-19(17-6-5-11-31-17)26-27-20(28)32-13-18(30)25-15-12-14(21(22,23)24)7-8-16(15)29-9-3-2-4-10-29/h5-8,11-12H,2-4,9-10,13H2,1H3,(H,25,30). The molecule has 7 nitrogen and oxygen atoms in total. The van der Waals surface area contributed by atoms with Crippen molar-refractivity contribution in [3.8, 4) is 11.6 Å². The summed E-state index contributed by atoms with van der Waals surface area (Å²) in [7, 11) is 1.75. The average Bonchev–Trinajstić information content (AvgIpc) is 3.42. The number of rotatable bonds is 6. The third kappa shape index (κ3) is 4.93. The van der Waals surface area contributed by atoms with Gasteiger partial charge in [0, 0.05) is 20.1 Å². The molecule has 0 radical (unpaired) electrons. The predicted molar refractivity (Wildman–Crippen MR) is 116 cm³/mol. The van der Waals surface area contributed by atoms with Crippen LogP contribution in [0.2, 0.25) is 0 Å². The molecule has 1 saturated heterocycles. The second-order valence-electron chi connectivity index (χ2n) is 7.46. The summed E-state index contributed by atoms with van der Waals surface area (Å²) in [6.45, 7) is 1.50. The Morgan fingerprint density at radius 1 is 1.19 bits per heavy atom. The molecule has 11 heteroatoms. The van der Waals surface area contributed by atoms with Crippen LogP contribution >= 0.6 is 11.8 Å². The summed E-state index contributed by atoms with van der Waals surface area (Å²) in [5.41, 5.74) is -0.0195. The highest BCUT2D eigenvalue weighted by Gasteiger charge is 2.32. The molecule has 0 unspecified atom stereocenters. The van der Waals surface area contributed by atoms with Crippen molar-refractivity contribution in [2.45, 2.75) is 30.6 Å². The summed E-state index contributed by atoms with van der Waals surface area (Å²) in [6.07, 6.45) is 0.0603. The van der Waals surface area contributed by atoms with Crippen molar-refractivity contribution in [1.29, 1.82) is 0 Å². The molecule has 1 fully saturated rings. The van der Waals surface area contributed by atoms with E-state index in [1.54, 1.807) is 23.7 Å². The molecule has 1 aliphatic heterocycles. The van der Waals surface area contributed by atoms with Crippen molar-refractivity contribution < 1.29 is 22.4 Å². The first-order chi connectivity index (χ1) is 15.3. The van der Waals surface area contributed by atoms with Gasteiger partial charge in [0.15, 0.2) is 16.7 Å². The van der Waals surface area contributed by atoms with Crippen molar-refractivity contribution in [3.05, 3.63) is 42.2 Å². The van der Waals surface area contributed by atoms with Gasteiger partial charge in [-0.1, -0.05) is 11.8 Å². The minimum absolute atomic E-state index is 0.0280. The Bertz CT molecular complexity index is 1080. The molecule has 170 valence electrons. The maximum absolute atomic E-state index is 13.3. The number of hydrogen-bond acceptors (Lipinski definition) is 6. The predicted octanol–water partition coefficient (Wildman–Crippen LogP) is 4.82. The molecule has 32 heavy (non-hydrogen) atoms. The molecule has 0 atom stereocenters. The third-order valence-corrected chi connectivity index (χ3v) is 6.22. The fraction of sp³-hybridized carbons (Fsp3) is 0.381. The van der Waals surface area contributed by atoms with Crippen LogP contribution in [0.4, 0.5) is 24.5 Å². The van der Waals surface area contributed by atoms with Crippen molar-refractivity contribution in [3.63, 3.8) is 0 Å². The summed E-state index contributed by atoms with van der Waals surface area (Å²) in [5, 5.41) is 11.3. The zero-order chi connectivity index (χ0) is 22.7. The minimum Gasteiger partial charge on any atom is -0.461 e. The van der Waals surface area contributed by atoms with Crippen LogP contribution in [0.25, 0.3) is 11.6 Å². The average molecular weight is 466 g/mol. The van der Waals surface area contributed by atoms with Crippen molar-refractivity contribution in [2.75, 3.05) is 29.1 Å². The second kappa shape index (κ2) is 9.27. The van der Waals surface area contributed by atoms with Gasteiger partial charge in [-0.05, 0) is 49.6 Å². The number of halogens is 3. The molecule has 4 rings (SSSR count). The van der Waals surface area contributed by atoms with Crippen LogP contribution in [0.3, 0.4) is 0 Å². The molecule has 1 aliphatic rings. The summed E-state index contributed by atoms with van der Waals surface area (Å²) in [4.78, 5) is 14.6. The Labute approximate surface area is 187 Å². The molecule has 2 aromatic heterocycles. The number of nitrogens with one attached hydrogen (secondary N) is 1. The van der Waals surface area contributed by atoms with Crippen molar-refractivity contribution >= 4 is 29.0 Å². The highest BCUT2D eigenvalue weighted by atomic mass is 32.2. The second-order valence-corrected chi connectivity index (χ2v) is 8.40. The SMILES string of the molecule is Cn1c(SCC(=O)Nc2cc(C(F)(F)F)ccc2N2CCCCC2)nnc1-c1ccco1. The van der Waals surface area contributed by atoms with E-state index in [9.17, 15) is 18.0 Å². The van der Waals surface area contributed by atoms with Gasteiger partial charge >= 0.3 is 6.18 Å². The Kier molecular flexibility index (Phi) is 6.45. The maximum atomic E-state index is 13.3. The van der Waals surface area contributed by atoms with Crippen LogP contribution in [0.5, 0.6) is 0 Å². The highest BCUT2D eigenvalue weighted by molar-refractivity contribution is 7.99. The smallest absolute Gasteiger partial charge is 0.416 e. The van der Waals surface area contributed by atoms with Gasteiger partial charge in [-0.2, -0.15) is 13.2 Å². The Morgan fingerprint density at radius 2 is 1.97 bits per heavy atom. The largest absolute Gasteiger partial charge is 0.461 e. The molecular weight excluding hydrogens is 443 g/mol. The fourth-order valence-electron chi connectivity index (χ4n) is 3.60. The van der Waals surface area contributed by atoms with E-state index < -0.39 is 17.6 Å². The topological polar surface area (TPSA) is 76.2 Å². The lowest BCUT2D eigenvalue weighted by Crippen LogP contribution is -2.30. The fourth-order valence-corrected chi connectivity index (χ4v) is 4.31. The van der Waals surface area contributed by atoms with Gasteiger partial charge in [0.25, 0.3) is 0 Å². The van der Waals surface area contributed by atoms with E-state index in [-0.39, 0.29) is 11.4 Å². The van der Waals surface area contributed by atoms with E-state index in [4.69, 9.17) is 4.42 Å². The molecule has 0 spiro atoms. The van der Waals surface area contributed by atoms with E-state index in [0.29, 0.717) is 22.4 Å². The minimum atomic E-state index is -4.49. The molecule has 0 saturated carbocycles. The Hall–Kier alpha value is -2.95. The summed E-state index contributed by atoms with van der Waals surface area (Å²) < 4.78 is 46.8. The lowest BCUT2D eigenvalue weighted by Gasteiger charge is -2.31. The van der Waals surface area contributed by atoms with E-state index >= 15 is 0 Å². The molecule has 0 aliphatic carbocycles. The van der Waals surface area contributed by atoms with Gasteiger partial charge in [-0.3, -0.25) is 4.79 Å². The monoisotopic (exact) mass is 465 g/mol. The van der Waals surface area contributed by atoms with Gasteiger partial charge in [-0.25, -0.2) is 0 Å². The molecule has 3 aromatic rings. The number of hydrogen-bond donors (Lipinski definition) is 1. The van der Waals surface area contributed by atoms with Crippen molar-refractivity contribution in [1.82, 2.24) is 14.8 Å². The van der Waals surface area contributed by atoms with Crippen LogP contribution in [0.15, 0.2) is 46.2 Å². The number of nitrogens with zero attached hydrogens (tertiary/aromatic N) is 4. The Balaban J connectivity index is 1.48. The lowest BCUT2D eigenvalue weighted by atomic mass is 10.1. The normalized spacial score (nSPS) is 14.6. The number of furan rings is 1. The number of benzene rings is 1. The van der Waals surface area contributed by atoms with Gasteiger partial charge in [0.2, 0.25) is 5.91 Å². The van der Waals surface area contributed by atoms with Crippen molar-refractivity contribution in [2.24, 2.45) is 7.05 Å². The maximum Gasteiger partial charge on any atom is 0.416 e. The zero-order valence-corrected chi connectivity index (χ0v) is 18.2. The number of anilines is 2. The molecular formula is C21H22F3N5O2S. The number of aromatic nitrogens is 3. The first kappa shape index (κ1) is 22.3. The van der Waals surface area contributed by atoms with Gasteiger partial charge in [-0.15, -0.1) is 10.2 Å². The van der Waals surface area contributed by atoms with Gasteiger partial charge in [0.05, 0.1) is 29.0 Å². The first-order valence-electron chi connectivity index (χ1n) is 10.1. The van der Waals surface area contributed by atoms with Crippen LogP contribution in [-0.4, -0.2) is 39.5 Å². The van der Waals surface area contributed by atoms with E-state index in [0.717, 1.165) is 56.2 Å². The molecule has 1 amide bonds. The number of piperidine rings is 1. The van der Waals surface area contributed by atoms with Crippen LogP contribution in [0, 0.1) is 0 Å². The molecule has 1 aromatic carbocycles. The van der Waals surface area contributed by atoms with Crippen LogP contribution in [-0.2, 0) is 18.0 Å². The first-order valence-corrected chi connectivity index (χ1v) is 11.1.